The summed E-state index contributed by atoms with van der Waals surface area (Å²) in [5, 5.41) is 19.7. The van der Waals surface area contributed by atoms with Crippen molar-refractivity contribution in [1.29, 1.82) is 0 Å². The molecule has 6 N–H and O–H groups in total. The summed E-state index contributed by atoms with van der Waals surface area (Å²) in [6.07, 6.45) is 1.95. The first kappa shape index (κ1) is 15.8. The molecule has 0 saturated heterocycles. The second-order valence-corrected chi connectivity index (χ2v) is 5.59. The Morgan fingerprint density at radius 2 is 1.69 bits per heavy atom. The molecule has 0 radical (unpaired) electrons. The van der Waals surface area contributed by atoms with E-state index in [4.69, 9.17) is 11.5 Å². The quantitative estimate of drug-likeness (QED) is 0.517. The fourth-order valence-corrected chi connectivity index (χ4v) is 1.69. The Bertz CT molecular complexity index is 200. The molecule has 4 heteroatoms. The van der Waals surface area contributed by atoms with E-state index < -0.39 is 17.2 Å². The molecule has 4 nitrogen and oxygen atoms in total. The fraction of sp³-hybridized carbons (Fsp3) is 1.00. The Morgan fingerprint density at radius 3 is 2.06 bits per heavy atom. The maximum absolute atomic E-state index is 10.3. The van der Waals surface area contributed by atoms with Gasteiger partial charge in [0.15, 0.2) is 0 Å². The number of rotatable bonds is 7. The highest BCUT2D eigenvalue weighted by molar-refractivity contribution is 4.97. The van der Waals surface area contributed by atoms with E-state index in [0.717, 1.165) is 12.8 Å². The van der Waals surface area contributed by atoms with Gasteiger partial charge in [-0.2, -0.15) is 0 Å². The van der Waals surface area contributed by atoms with Gasteiger partial charge in [-0.1, -0.05) is 13.3 Å². The van der Waals surface area contributed by atoms with E-state index in [1.807, 2.05) is 20.8 Å². The minimum Gasteiger partial charge on any atom is -0.392 e. The van der Waals surface area contributed by atoms with Crippen LogP contribution in [0.5, 0.6) is 0 Å². The molecule has 0 saturated carbocycles. The summed E-state index contributed by atoms with van der Waals surface area (Å²) in [6, 6.07) is 0. The first-order valence-corrected chi connectivity index (χ1v) is 6.02. The molecule has 3 atom stereocenters. The van der Waals surface area contributed by atoms with Crippen LogP contribution in [0, 0.1) is 5.92 Å². The molecule has 0 bridgehead atoms. The third kappa shape index (κ3) is 4.37. The van der Waals surface area contributed by atoms with Crippen molar-refractivity contribution < 1.29 is 10.2 Å². The third-order valence-electron chi connectivity index (χ3n) is 3.71. The monoisotopic (exact) mass is 232 g/mol. The van der Waals surface area contributed by atoms with E-state index in [-0.39, 0.29) is 5.92 Å². The summed E-state index contributed by atoms with van der Waals surface area (Å²) in [5.41, 5.74) is 9.75. The van der Waals surface area contributed by atoms with E-state index in [0.29, 0.717) is 13.0 Å². The molecular formula is C12H28N2O2. The zero-order valence-electron chi connectivity index (χ0n) is 11.0. The number of aliphatic hydroxyl groups is 2. The highest BCUT2D eigenvalue weighted by atomic mass is 16.3. The smallest absolute Gasteiger partial charge is 0.0818 e. The average molecular weight is 232 g/mol. The standard InChI is InChI=1S/C12H28N2O2/c1-9(6-5-7-10(15)8-13)12(4,16)11(2,3)14/h9-10,15-16H,5-8,13-14H2,1-4H3. The lowest BCUT2D eigenvalue weighted by Crippen LogP contribution is -2.58. The number of nitrogens with two attached hydrogens (primary N) is 2. The Balaban J connectivity index is 4.11. The summed E-state index contributed by atoms with van der Waals surface area (Å²) >= 11 is 0. The van der Waals surface area contributed by atoms with E-state index >= 15 is 0 Å². The third-order valence-corrected chi connectivity index (χ3v) is 3.71. The number of aliphatic hydroxyl groups excluding tert-OH is 1. The topological polar surface area (TPSA) is 92.5 Å². The van der Waals surface area contributed by atoms with Gasteiger partial charge in [0.1, 0.15) is 0 Å². The van der Waals surface area contributed by atoms with Crippen molar-refractivity contribution in [3.63, 3.8) is 0 Å². The molecular weight excluding hydrogens is 204 g/mol. The number of hydrogen-bond acceptors (Lipinski definition) is 4. The molecule has 16 heavy (non-hydrogen) atoms. The minimum absolute atomic E-state index is 0.0949. The molecule has 0 fully saturated rings. The summed E-state index contributed by atoms with van der Waals surface area (Å²) in [7, 11) is 0. The van der Waals surface area contributed by atoms with Gasteiger partial charge in [-0.25, -0.2) is 0 Å². The molecule has 0 aliphatic rings. The zero-order valence-corrected chi connectivity index (χ0v) is 11.0. The van der Waals surface area contributed by atoms with Crippen LogP contribution in [-0.4, -0.2) is 34.0 Å². The van der Waals surface area contributed by atoms with Crippen molar-refractivity contribution in [2.24, 2.45) is 17.4 Å². The van der Waals surface area contributed by atoms with Gasteiger partial charge in [-0.05, 0) is 39.5 Å². The van der Waals surface area contributed by atoms with Crippen molar-refractivity contribution in [3.05, 3.63) is 0 Å². The van der Waals surface area contributed by atoms with Crippen molar-refractivity contribution in [2.45, 2.75) is 64.2 Å². The van der Waals surface area contributed by atoms with Gasteiger partial charge < -0.3 is 21.7 Å². The SMILES string of the molecule is CC(CCCC(O)CN)C(C)(O)C(C)(C)N. The van der Waals surface area contributed by atoms with Crippen LogP contribution in [-0.2, 0) is 0 Å². The maximum atomic E-state index is 10.3. The van der Waals surface area contributed by atoms with Gasteiger partial charge in [0, 0.05) is 12.1 Å². The van der Waals surface area contributed by atoms with Gasteiger partial charge in [0.05, 0.1) is 11.7 Å². The predicted molar refractivity (Wildman–Crippen MR) is 67.0 cm³/mol. The zero-order chi connectivity index (χ0) is 13.0. The van der Waals surface area contributed by atoms with Crippen molar-refractivity contribution in [3.8, 4) is 0 Å². The second kappa shape index (κ2) is 5.96. The Labute approximate surface area is 99.0 Å². The highest BCUT2D eigenvalue weighted by Crippen LogP contribution is 2.30. The molecule has 98 valence electrons. The molecule has 0 aliphatic carbocycles. The lowest BCUT2D eigenvalue weighted by Gasteiger charge is -2.41. The molecule has 0 aromatic heterocycles. The summed E-state index contributed by atoms with van der Waals surface area (Å²) in [6.45, 7) is 7.73. The molecule has 0 amide bonds. The first-order valence-electron chi connectivity index (χ1n) is 6.02. The minimum atomic E-state index is -0.902. The lowest BCUT2D eigenvalue weighted by molar-refractivity contribution is -0.0538. The van der Waals surface area contributed by atoms with Crippen molar-refractivity contribution in [2.75, 3.05) is 6.54 Å². The van der Waals surface area contributed by atoms with Crippen LogP contribution < -0.4 is 11.5 Å². The molecule has 3 unspecified atom stereocenters. The number of hydrogen-bond donors (Lipinski definition) is 4. The van der Waals surface area contributed by atoms with Crippen LogP contribution >= 0.6 is 0 Å². The average Bonchev–Trinajstić information content (AvgIpc) is 2.15. The van der Waals surface area contributed by atoms with E-state index in [1.165, 1.54) is 0 Å². The van der Waals surface area contributed by atoms with Crippen molar-refractivity contribution >= 4 is 0 Å². The van der Waals surface area contributed by atoms with Gasteiger partial charge in [0.25, 0.3) is 0 Å². The predicted octanol–water partition coefficient (Wildman–Crippen LogP) is 0.601. The van der Waals surface area contributed by atoms with Crippen molar-refractivity contribution in [1.82, 2.24) is 0 Å². The Hall–Kier alpha value is -0.160. The van der Waals surface area contributed by atoms with Gasteiger partial charge >= 0.3 is 0 Å². The van der Waals surface area contributed by atoms with Crippen LogP contribution in [0.1, 0.15) is 47.0 Å². The lowest BCUT2D eigenvalue weighted by atomic mass is 9.74. The van der Waals surface area contributed by atoms with Gasteiger partial charge in [-0.15, -0.1) is 0 Å². The molecule has 0 spiro atoms. The molecule has 0 rings (SSSR count). The maximum Gasteiger partial charge on any atom is 0.0818 e. The van der Waals surface area contributed by atoms with Crippen LogP contribution in [0.15, 0.2) is 0 Å². The summed E-state index contributed by atoms with van der Waals surface area (Å²) in [5.74, 6) is 0.0949. The summed E-state index contributed by atoms with van der Waals surface area (Å²) < 4.78 is 0. The second-order valence-electron chi connectivity index (χ2n) is 5.59. The van der Waals surface area contributed by atoms with Crippen LogP contribution in [0.3, 0.4) is 0 Å². The van der Waals surface area contributed by atoms with E-state index in [9.17, 15) is 10.2 Å². The largest absolute Gasteiger partial charge is 0.392 e. The van der Waals surface area contributed by atoms with Gasteiger partial charge in [-0.3, -0.25) is 0 Å². The van der Waals surface area contributed by atoms with Gasteiger partial charge in [0.2, 0.25) is 0 Å². The Morgan fingerprint density at radius 1 is 1.19 bits per heavy atom. The molecule has 0 aliphatic heterocycles. The first-order chi connectivity index (χ1) is 7.13. The van der Waals surface area contributed by atoms with Crippen LogP contribution in [0.25, 0.3) is 0 Å². The summed E-state index contributed by atoms with van der Waals surface area (Å²) in [4.78, 5) is 0. The highest BCUT2D eigenvalue weighted by Gasteiger charge is 2.40. The Kier molecular flexibility index (Phi) is 5.90. The van der Waals surface area contributed by atoms with Crippen LogP contribution in [0.2, 0.25) is 0 Å². The van der Waals surface area contributed by atoms with Crippen LogP contribution in [0.4, 0.5) is 0 Å². The molecule has 0 aromatic carbocycles. The normalized spacial score (nSPS) is 20.2. The molecule has 0 heterocycles. The van der Waals surface area contributed by atoms with E-state index in [1.54, 1.807) is 6.92 Å². The molecule has 0 aromatic rings. The van der Waals surface area contributed by atoms with E-state index in [2.05, 4.69) is 0 Å². The fourth-order valence-electron chi connectivity index (χ4n) is 1.69.